The number of ether oxygens (including phenoxy) is 11. The highest BCUT2D eigenvalue weighted by Crippen LogP contribution is 2.55. The molecule has 144 heavy (non-hydrogen) atoms. The highest BCUT2D eigenvalue weighted by atomic mass is 32.2. The molecule has 2 unspecified atom stereocenters. The molecule has 3 amide bonds. The van der Waals surface area contributed by atoms with Gasteiger partial charge in [0.2, 0.25) is 5.88 Å². The molecule has 762 valence electrons. The van der Waals surface area contributed by atoms with E-state index in [4.69, 9.17) is 85.5 Å². The van der Waals surface area contributed by atoms with E-state index < -0.39 is 46.6 Å². The summed E-state index contributed by atoms with van der Waals surface area (Å²) >= 11 is 4.18. The van der Waals surface area contributed by atoms with Crippen molar-refractivity contribution in [3.63, 3.8) is 0 Å². The Hall–Kier alpha value is -12.0. The van der Waals surface area contributed by atoms with Crippen molar-refractivity contribution in [1.29, 1.82) is 0 Å². The summed E-state index contributed by atoms with van der Waals surface area (Å²) in [5, 5.41) is 24.5. The zero-order valence-electron chi connectivity index (χ0n) is 81.6. The minimum Gasteiger partial charge on any atom is -0.469 e. The molecular weight excluding hydrogens is 1960 g/mol. The van der Waals surface area contributed by atoms with Crippen molar-refractivity contribution in [2.24, 2.45) is 11.8 Å². The lowest BCUT2D eigenvalue weighted by Crippen LogP contribution is -2.21. The predicted molar refractivity (Wildman–Crippen MR) is 555 cm³/mol. The summed E-state index contributed by atoms with van der Waals surface area (Å²) in [5.41, 5.74) is 6.93. The van der Waals surface area contributed by atoms with E-state index >= 15 is 0 Å². The second kappa shape index (κ2) is 59.4. The van der Waals surface area contributed by atoms with Gasteiger partial charge in [-0.2, -0.15) is 28.7 Å². The van der Waals surface area contributed by atoms with Crippen LogP contribution in [-0.4, -0.2) is 266 Å². The van der Waals surface area contributed by atoms with Crippen LogP contribution in [0, 0.1) is 11.8 Å². The maximum absolute atomic E-state index is 14.9. The van der Waals surface area contributed by atoms with Gasteiger partial charge in [0, 0.05) is 119 Å². The summed E-state index contributed by atoms with van der Waals surface area (Å²) in [5.74, 6) is -3.03. The van der Waals surface area contributed by atoms with Crippen molar-refractivity contribution < 1.29 is 108 Å². The number of methoxy groups -OCH3 is 5. The molecule has 0 fully saturated rings. The van der Waals surface area contributed by atoms with Gasteiger partial charge in [0.25, 0.3) is 17.7 Å². The Morgan fingerprint density at radius 1 is 0.340 bits per heavy atom. The number of carbonyl (C=O) groups excluding carboxylic acids is 5. The normalized spacial score (nSPS) is 12.8. The molecule has 0 saturated heterocycles. The molecule has 6 aromatic carbocycles. The van der Waals surface area contributed by atoms with Crippen LogP contribution >= 0.6 is 58.1 Å². The molecular formula is C102H118N13O23P3S3. The van der Waals surface area contributed by atoms with Crippen LogP contribution in [0.25, 0.3) is 69.2 Å². The molecule has 0 spiro atoms. The number of carbonyl (C=O) groups is 5. The predicted octanol–water partition coefficient (Wildman–Crippen LogP) is 17.6. The Labute approximate surface area is 848 Å². The van der Waals surface area contributed by atoms with Gasteiger partial charge in [0.1, 0.15) is 0 Å². The number of amides is 3. The van der Waals surface area contributed by atoms with Crippen LogP contribution < -0.4 is 20.5 Å². The zero-order chi connectivity index (χ0) is 102. The third-order valence-electron chi connectivity index (χ3n) is 20.8. The SMILES string of the molecule is CNC(=O)c1ccccc1Sc1ccc2c(/C=C/c3ccccn3)nn(P(=O)(C[C@@H](C)C(=O)OC)OCCOCCOCCOC)c2c1.CNC(=O)c1ccccc1Sc1ccc2c(/C=C/c3ccccn3)nn(P(=O)(C[C@@H](C)C(=O)OC)Oc3ccccn3)c2c1.CNC(=O)c1ccccc1Sc1ccc2c(/C=C/c3ccccn3)nn(P(=O)(OCCOCCOCCOC)OCCOCCOCCOC)c2c1. The molecule has 13 rings (SSSR count). The van der Waals surface area contributed by atoms with E-state index in [-0.39, 0.29) is 75.6 Å². The molecule has 0 saturated carbocycles. The van der Waals surface area contributed by atoms with Crippen molar-refractivity contribution in [2.45, 2.75) is 43.2 Å². The number of benzene rings is 6. The van der Waals surface area contributed by atoms with E-state index in [2.05, 4.69) is 35.9 Å². The van der Waals surface area contributed by atoms with Crippen LogP contribution in [0.15, 0.2) is 254 Å². The highest BCUT2D eigenvalue weighted by molar-refractivity contribution is 8.00. The summed E-state index contributed by atoms with van der Waals surface area (Å²) in [7, 11) is 0.206. The maximum atomic E-state index is 14.9. The van der Waals surface area contributed by atoms with E-state index in [0.717, 1.165) is 46.5 Å². The lowest BCUT2D eigenvalue weighted by atomic mass is 10.2. The average Bonchev–Trinajstić information content (AvgIpc) is 1.61. The van der Waals surface area contributed by atoms with Crippen molar-refractivity contribution in [2.75, 3.05) is 188 Å². The number of fused-ring (bicyclic) bond motifs is 3. The summed E-state index contributed by atoms with van der Waals surface area (Å²) in [6.07, 6.45) is 17.1. The van der Waals surface area contributed by atoms with Crippen LogP contribution in [0.3, 0.4) is 0 Å². The zero-order valence-corrected chi connectivity index (χ0v) is 86.7. The second-order valence-corrected chi connectivity index (χ2v) is 40.7. The van der Waals surface area contributed by atoms with Gasteiger partial charge < -0.3 is 77.1 Å². The van der Waals surface area contributed by atoms with Gasteiger partial charge in [-0.25, -0.2) is 9.55 Å². The first-order valence-electron chi connectivity index (χ1n) is 45.9. The molecule has 4 atom stereocenters. The minimum atomic E-state index is -4.14. The van der Waals surface area contributed by atoms with Crippen molar-refractivity contribution in [3.05, 3.63) is 276 Å². The molecule has 7 heterocycles. The van der Waals surface area contributed by atoms with Crippen LogP contribution in [-0.2, 0) is 89.0 Å². The molecule has 0 aliphatic rings. The van der Waals surface area contributed by atoms with Gasteiger partial charge in [-0.15, -0.1) is 0 Å². The highest BCUT2D eigenvalue weighted by Gasteiger charge is 2.39. The van der Waals surface area contributed by atoms with E-state index in [1.165, 1.54) is 69.1 Å². The number of hydrogen-bond donors (Lipinski definition) is 3. The number of nitrogens with zero attached hydrogens (tertiary/aromatic N) is 10. The summed E-state index contributed by atoms with van der Waals surface area (Å²) in [4.78, 5) is 84.6. The van der Waals surface area contributed by atoms with Gasteiger partial charge in [0.15, 0.2) is 0 Å². The molecule has 0 aliphatic heterocycles. The van der Waals surface area contributed by atoms with Gasteiger partial charge in [-0.3, -0.25) is 57.1 Å². The van der Waals surface area contributed by atoms with Crippen LogP contribution in [0.1, 0.15) is 79.1 Å². The number of esters is 2. The Kier molecular flexibility index (Phi) is 46.3. The smallest absolute Gasteiger partial charge is 0.455 e. The quantitative estimate of drug-likeness (QED) is 0.0181. The lowest BCUT2D eigenvalue weighted by Gasteiger charge is -2.22. The number of pyridine rings is 4. The van der Waals surface area contributed by atoms with Crippen molar-refractivity contribution >= 4 is 157 Å². The molecule has 7 aromatic heterocycles. The Morgan fingerprint density at radius 2 is 0.639 bits per heavy atom. The summed E-state index contributed by atoms with van der Waals surface area (Å²) < 4.78 is 131. The van der Waals surface area contributed by atoms with E-state index in [0.29, 0.717) is 146 Å². The topological polar surface area (TPSA) is 416 Å². The number of rotatable bonds is 56. The van der Waals surface area contributed by atoms with E-state index in [1.54, 1.807) is 142 Å². The molecule has 13 aromatic rings. The second-order valence-electron chi connectivity index (χ2n) is 31.0. The third-order valence-corrected chi connectivity index (χ3v) is 30.7. The fraction of sp³-hybridized carbons (Fsp3) is 0.314. The summed E-state index contributed by atoms with van der Waals surface area (Å²) in [6, 6.07) is 60.7. The molecule has 0 aliphatic carbocycles. The van der Waals surface area contributed by atoms with Gasteiger partial charge in [-0.05, 0) is 170 Å². The fourth-order valence-corrected chi connectivity index (χ4v) is 22.8. The first-order valence-corrected chi connectivity index (χ1v) is 53.3. The first kappa shape index (κ1) is 112. The van der Waals surface area contributed by atoms with Crippen molar-refractivity contribution in [1.82, 2.24) is 64.5 Å². The Balaban J connectivity index is 0.000000206. The Morgan fingerprint density at radius 3 is 0.965 bits per heavy atom. The van der Waals surface area contributed by atoms with E-state index in [9.17, 15) is 37.7 Å². The van der Waals surface area contributed by atoms with Gasteiger partial charge in [0.05, 0.1) is 225 Å². The maximum Gasteiger partial charge on any atom is 0.455 e. The van der Waals surface area contributed by atoms with Gasteiger partial charge >= 0.3 is 34.7 Å². The molecule has 0 radical (unpaired) electrons. The fourth-order valence-electron chi connectivity index (χ4n) is 13.8. The largest absolute Gasteiger partial charge is 0.469 e. The standard InChI is InChI=1S/C36H47N4O10PS.C34H41N4O8PS.C32H30N5O5PS/c1-37-36(41)32-9-4-5-10-35(32)52-30-12-13-31-33(14-11-29-8-6-7-15-38-29)39-40(34(31)28-30)51(42,49-26-24-47-22-20-45-18-16-43-2)50-27-25-48-23-21-46-19-17-44-3;1-25(34(40)43-4)24-47(41,46-22-21-45-20-19-44-18-17-42-3)38-31-23-27(48-32-11-6-5-10-29(32)33(39)35-2)13-14-28(31)30(37-38)15-12-26-9-7-8-16-36-26;1-22(32(39)41-3)21-43(40,42-30-13-7-9-19-35-30)37-28-20-24(44-29-12-5-4-11-26(29)31(38)33-2)15-16-25(28)27(36-37)17-14-23-10-6-8-18-34-23/h4-15,28H,16-27H2,1-3H3,(H,37,41);5-16,23,25H,17-22,24H2,1-4H3,(H,35,39);4-20,22H,21H2,1-3H3,(H,33,38)/b14-11+;15-12+;17-14+/t;25-,47?;22-,43?/m.11/s1. The minimum absolute atomic E-state index is 0.0162. The monoisotopic (exact) mass is 2080 g/mol. The van der Waals surface area contributed by atoms with E-state index in [1.807, 2.05) is 170 Å². The van der Waals surface area contributed by atoms with Crippen LogP contribution in [0.2, 0.25) is 0 Å². The molecule has 36 nitrogen and oxygen atoms in total. The van der Waals surface area contributed by atoms with Gasteiger partial charge in [-0.1, -0.05) is 110 Å². The molecule has 42 heteroatoms. The molecule has 0 bridgehead atoms. The van der Waals surface area contributed by atoms with Crippen LogP contribution in [0.5, 0.6) is 5.88 Å². The first-order chi connectivity index (χ1) is 70.1. The number of nitrogens with one attached hydrogen (secondary N) is 3. The lowest BCUT2D eigenvalue weighted by molar-refractivity contribution is -0.144. The number of aromatic nitrogens is 10. The third kappa shape index (κ3) is 33.5. The number of hydrogen-bond acceptors (Lipinski definition) is 33. The molecule has 3 N–H and O–H groups in total. The van der Waals surface area contributed by atoms with Crippen LogP contribution in [0.4, 0.5) is 0 Å². The summed E-state index contributed by atoms with van der Waals surface area (Å²) in [6.45, 7) is 8.54. The average molecular weight is 2080 g/mol. The Bertz CT molecular complexity index is 6530. The van der Waals surface area contributed by atoms with Crippen molar-refractivity contribution in [3.8, 4) is 5.88 Å².